The number of rotatable bonds is 4. The first-order valence-corrected chi connectivity index (χ1v) is 6.03. The van der Waals surface area contributed by atoms with Crippen LogP contribution in [-0.4, -0.2) is 30.9 Å². The van der Waals surface area contributed by atoms with Crippen molar-refractivity contribution in [3.05, 3.63) is 34.3 Å². The van der Waals surface area contributed by atoms with E-state index in [0.717, 1.165) is 4.47 Å². The van der Waals surface area contributed by atoms with E-state index in [1.165, 1.54) is 7.11 Å². The van der Waals surface area contributed by atoms with Crippen LogP contribution in [0, 0.1) is 0 Å². The van der Waals surface area contributed by atoms with Crippen LogP contribution in [0.25, 0.3) is 0 Å². The first-order valence-electron chi connectivity index (χ1n) is 4.80. The number of hydrogen-bond acceptors (Lipinski definition) is 3. The average molecular weight is 321 g/mol. The largest absolute Gasteiger partial charge is 0.468 e. The van der Waals surface area contributed by atoms with Crippen LogP contribution in [0.2, 0.25) is 0 Å². The van der Waals surface area contributed by atoms with Crippen LogP contribution in [0.15, 0.2) is 28.7 Å². The summed E-state index contributed by atoms with van der Waals surface area (Å²) in [5.74, 6) is -0.859. The summed E-state index contributed by atoms with van der Waals surface area (Å²) < 4.78 is 5.25. The van der Waals surface area contributed by atoms with E-state index in [-0.39, 0.29) is 12.5 Å². The van der Waals surface area contributed by atoms with Crippen molar-refractivity contribution in [2.45, 2.75) is 5.38 Å². The Morgan fingerprint density at radius 2 is 2.24 bits per heavy atom. The molecule has 0 fully saturated rings. The van der Waals surface area contributed by atoms with Crippen LogP contribution in [0.3, 0.4) is 0 Å². The predicted octanol–water partition coefficient (Wildman–Crippen LogP) is 1.96. The van der Waals surface area contributed by atoms with E-state index in [2.05, 4.69) is 26.0 Å². The van der Waals surface area contributed by atoms with Crippen LogP contribution < -0.4 is 5.32 Å². The second-order valence-corrected chi connectivity index (χ2v) is 4.65. The summed E-state index contributed by atoms with van der Waals surface area (Å²) in [5.41, 5.74) is 0.494. The maximum absolute atomic E-state index is 11.7. The lowest BCUT2D eigenvalue weighted by Crippen LogP contribution is -2.34. The van der Waals surface area contributed by atoms with Crippen LogP contribution in [-0.2, 0) is 9.53 Å². The Labute approximate surface area is 112 Å². The zero-order chi connectivity index (χ0) is 12.8. The van der Waals surface area contributed by atoms with Gasteiger partial charge in [-0.15, -0.1) is 11.6 Å². The lowest BCUT2D eigenvalue weighted by Gasteiger charge is -2.09. The standard InChI is InChI=1S/C11H11BrClNO3/c1-17-11(16)9(13)6-14-10(15)7-3-2-4-8(12)5-7/h2-5,9H,6H2,1H3,(H,14,15). The molecule has 0 heterocycles. The molecular weight excluding hydrogens is 309 g/mol. The summed E-state index contributed by atoms with van der Waals surface area (Å²) in [6.07, 6.45) is 0. The highest BCUT2D eigenvalue weighted by Gasteiger charge is 2.16. The van der Waals surface area contributed by atoms with Crippen molar-refractivity contribution in [3.8, 4) is 0 Å². The Hall–Kier alpha value is -1.07. The second-order valence-electron chi connectivity index (χ2n) is 3.21. The Bertz CT molecular complexity index is 425. The molecule has 1 amide bonds. The molecule has 6 heteroatoms. The molecule has 0 saturated heterocycles. The predicted molar refractivity (Wildman–Crippen MR) is 68.1 cm³/mol. The molecule has 92 valence electrons. The molecule has 1 unspecified atom stereocenters. The molecule has 4 nitrogen and oxygen atoms in total. The number of benzene rings is 1. The maximum Gasteiger partial charge on any atom is 0.325 e. The van der Waals surface area contributed by atoms with E-state index in [1.54, 1.807) is 18.2 Å². The molecule has 0 saturated carbocycles. The van der Waals surface area contributed by atoms with Gasteiger partial charge in [0.1, 0.15) is 5.38 Å². The average Bonchev–Trinajstić information content (AvgIpc) is 2.34. The molecule has 0 radical (unpaired) electrons. The van der Waals surface area contributed by atoms with E-state index >= 15 is 0 Å². The minimum Gasteiger partial charge on any atom is -0.468 e. The number of halogens is 2. The minimum atomic E-state index is -0.879. The van der Waals surface area contributed by atoms with Crippen molar-refractivity contribution in [2.24, 2.45) is 0 Å². The highest BCUT2D eigenvalue weighted by molar-refractivity contribution is 9.10. The Balaban J connectivity index is 2.53. The summed E-state index contributed by atoms with van der Waals surface area (Å²) in [5, 5.41) is 1.67. The highest BCUT2D eigenvalue weighted by atomic mass is 79.9. The molecule has 1 aromatic carbocycles. The first-order chi connectivity index (χ1) is 8.04. The Morgan fingerprint density at radius 3 is 2.82 bits per heavy atom. The zero-order valence-electron chi connectivity index (χ0n) is 9.07. The minimum absolute atomic E-state index is 0.0274. The van der Waals surface area contributed by atoms with Crippen molar-refractivity contribution in [3.63, 3.8) is 0 Å². The number of carbonyl (C=O) groups excluding carboxylic acids is 2. The van der Waals surface area contributed by atoms with Crippen LogP contribution in [0.4, 0.5) is 0 Å². The van der Waals surface area contributed by atoms with E-state index in [0.29, 0.717) is 5.56 Å². The number of esters is 1. The normalized spacial score (nSPS) is 11.7. The van der Waals surface area contributed by atoms with Crippen LogP contribution >= 0.6 is 27.5 Å². The highest BCUT2D eigenvalue weighted by Crippen LogP contribution is 2.11. The van der Waals surface area contributed by atoms with E-state index in [4.69, 9.17) is 11.6 Å². The van der Waals surface area contributed by atoms with Crippen molar-refractivity contribution in [2.75, 3.05) is 13.7 Å². The fourth-order valence-electron chi connectivity index (χ4n) is 1.13. The molecule has 0 aliphatic rings. The maximum atomic E-state index is 11.7. The van der Waals surface area contributed by atoms with Gasteiger partial charge >= 0.3 is 5.97 Å². The van der Waals surface area contributed by atoms with Gasteiger partial charge in [0.2, 0.25) is 0 Å². The molecule has 1 aromatic rings. The molecule has 0 aliphatic heterocycles. The molecule has 0 aromatic heterocycles. The SMILES string of the molecule is COC(=O)C(Cl)CNC(=O)c1cccc(Br)c1. The van der Waals surface area contributed by atoms with Gasteiger partial charge in [0.05, 0.1) is 7.11 Å². The molecule has 1 rings (SSSR count). The molecule has 0 aliphatic carbocycles. The van der Waals surface area contributed by atoms with Crippen molar-refractivity contribution in [1.82, 2.24) is 5.32 Å². The molecule has 1 N–H and O–H groups in total. The van der Waals surface area contributed by atoms with Gasteiger partial charge in [-0.3, -0.25) is 9.59 Å². The molecule has 0 spiro atoms. The Kier molecular flexibility index (Phi) is 5.44. The van der Waals surface area contributed by atoms with Gasteiger partial charge in [-0.2, -0.15) is 0 Å². The topological polar surface area (TPSA) is 55.4 Å². The Morgan fingerprint density at radius 1 is 1.53 bits per heavy atom. The lowest BCUT2D eigenvalue weighted by atomic mass is 10.2. The van der Waals surface area contributed by atoms with Crippen molar-refractivity contribution >= 4 is 39.4 Å². The first kappa shape index (κ1) is 14.0. The van der Waals surface area contributed by atoms with Crippen molar-refractivity contribution < 1.29 is 14.3 Å². The van der Waals surface area contributed by atoms with E-state index in [1.807, 2.05) is 6.07 Å². The number of nitrogens with one attached hydrogen (secondary N) is 1. The van der Waals surface area contributed by atoms with Gasteiger partial charge in [-0.05, 0) is 18.2 Å². The van der Waals surface area contributed by atoms with Crippen molar-refractivity contribution in [1.29, 1.82) is 0 Å². The molecular formula is C11H11BrClNO3. The van der Waals surface area contributed by atoms with E-state index in [9.17, 15) is 9.59 Å². The molecule has 0 bridgehead atoms. The van der Waals surface area contributed by atoms with Gasteiger partial charge in [0.15, 0.2) is 0 Å². The third-order valence-corrected chi connectivity index (χ3v) is 2.81. The number of alkyl halides is 1. The number of carbonyl (C=O) groups is 2. The fourth-order valence-corrected chi connectivity index (χ4v) is 1.69. The number of hydrogen-bond donors (Lipinski definition) is 1. The van der Waals surface area contributed by atoms with Gasteiger partial charge in [-0.25, -0.2) is 0 Å². The summed E-state index contributed by atoms with van der Waals surface area (Å²) in [7, 11) is 1.24. The smallest absolute Gasteiger partial charge is 0.325 e. The van der Waals surface area contributed by atoms with Crippen LogP contribution in [0.1, 0.15) is 10.4 Å². The fraction of sp³-hybridized carbons (Fsp3) is 0.273. The van der Waals surface area contributed by atoms with Gasteiger partial charge in [-0.1, -0.05) is 22.0 Å². The van der Waals surface area contributed by atoms with Gasteiger partial charge in [0.25, 0.3) is 5.91 Å². The molecule has 1 atom stereocenters. The van der Waals surface area contributed by atoms with Gasteiger partial charge < -0.3 is 10.1 Å². The molecule has 17 heavy (non-hydrogen) atoms. The number of amides is 1. The zero-order valence-corrected chi connectivity index (χ0v) is 11.4. The second kappa shape index (κ2) is 6.61. The van der Waals surface area contributed by atoms with E-state index < -0.39 is 11.3 Å². The monoisotopic (exact) mass is 319 g/mol. The summed E-state index contributed by atoms with van der Waals surface area (Å²) >= 11 is 8.96. The third kappa shape index (κ3) is 4.36. The summed E-state index contributed by atoms with van der Waals surface area (Å²) in [6, 6.07) is 6.91. The number of ether oxygens (including phenoxy) is 1. The summed E-state index contributed by atoms with van der Waals surface area (Å²) in [4.78, 5) is 22.7. The van der Waals surface area contributed by atoms with Gasteiger partial charge in [0, 0.05) is 16.6 Å². The van der Waals surface area contributed by atoms with Crippen LogP contribution in [0.5, 0.6) is 0 Å². The quantitative estimate of drug-likeness (QED) is 0.681. The number of methoxy groups -OCH3 is 1. The third-order valence-electron chi connectivity index (χ3n) is 1.99. The summed E-state index contributed by atoms with van der Waals surface area (Å²) in [6.45, 7) is 0.0274. The lowest BCUT2D eigenvalue weighted by molar-refractivity contribution is -0.140.